The number of halogens is 1. The third-order valence-corrected chi connectivity index (χ3v) is 6.82. The molecule has 0 radical (unpaired) electrons. The Labute approximate surface area is 128 Å². The Bertz CT molecular complexity index is 275. The van der Waals surface area contributed by atoms with Crippen molar-refractivity contribution in [1.29, 1.82) is 0 Å². The van der Waals surface area contributed by atoms with E-state index in [9.17, 15) is 19.5 Å². The Morgan fingerprint density at radius 1 is 0.737 bits per heavy atom. The maximum atomic E-state index is 10.5. The van der Waals surface area contributed by atoms with Gasteiger partial charge in [0.15, 0.2) is 6.35 Å². The second-order valence-corrected chi connectivity index (χ2v) is 8.39. The summed E-state index contributed by atoms with van der Waals surface area (Å²) >= 11 is 0. The molecule has 0 rings (SSSR count). The molecular formula is C10H18IO7P. The summed E-state index contributed by atoms with van der Waals surface area (Å²) in [5.74, 6) is -3.09. The van der Waals surface area contributed by atoms with E-state index in [1.807, 2.05) is 0 Å². The van der Waals surface area contributed by atoms with Crippen molar-refractivity contribution in [1.82, 2.24) is 0 Å². The van der Waals surface area contributed by atoms with Crippen molar-refractivity contribution < 1.29 is 58.8 Å². The molecule has 0 heterocycles. The molecule has 0 saturated heterocycles. The van der Waals surface area contributed by atoms with Crippen molar-refractivity contribution in [3.05, 3.63) is 0 Å². The topological polar surface area (TPSA) is 132 Å². The first-order valence-electron chi connectivity index (χ1n) is 5.42. The first-order valence-corrected chi connectivity index (χ1v) is 7.95. The zero-order chi connectivity index (χ0) is 14.2. The number of aliphatic carboxylic acids is 3. The second kappa shape index (κ2) is 10.3. The molecule has 0 aromatic carbocycles. The number of carboxylic acids is 3. The van der Waals surface area contributed by atoms with Gasteiger partial charge in [0, 0.05) is 7.26 Å². The predicted molar refractivity (Wildman–Crippen MR) is 65.4 cm³/mol. The molecule has 0 aromatic rings. The normalized spacial score (nSPS) is 10.6. The highest BCUT2D eigenvalue weighted by Gasteiger charge is 2.38. The van der Waals surface area contributed by atoms with Gasteiger partial charge in [-0.1, -0.05) is 0 Å². The van der Waals surface area contributed by atoms with Gasteiger partial charge in [0.25, 0.3) is 0 Å². The van der Waals surface area contributed by atoms with Gasteiger partial charge < -0.3 is 44.4 Å². The highest BCUT2D eigenvalue weighted by Crippen LogP contribution is 2.59. The number of aliphatic hydroxyl groups excluding tert-OH is 1. The molecule has 0 saturated carbocycles. The zero-order valence-electron chi connectivity index (χ0n) is 10.3. The SMILES string of the molecule is O=C(O)CC[P+](CO)(CCC(=O)O)CCC(=O)O.[I-]. The summed E-state index contributed by atoms with van der Waals surface area (Å²) in [4.78, 5) is 31.6. The molecule has 7 nitrogen and oxygen atoms in total. The van der Waals surface area contributed by atoms with Crippen molar-refractivity contribution in [2.45, 2.75) is 19.3 Å². The predicted octanol–water partition coefficient (Wildman–Crippen LogP) is -2.62. The van der Waals surface area contributed by atoms with Crippen LogP contribution >= 0.6 is 7.26 Å². The standard InChI is InChI=1S/C10H17O7P.HI/c11-7-18(4-1-8(12)13,5-2-9(14)15)6-3-10(16)17;/h11H,1-7H2,(H2-,12,13,14,15,16,17);1H. The van der Waals surface area contributed by atoms with Gasteiger partial charge in [0.2, 0.25) is 0 Å². The van der Waals surface area contributed by atoms with E-state index in [2.05, 4.69) is 0 Å². The summed E-state index contributed by atoms with van der Waals surface area (Å²) in [5.41, 5.74) is 0. The van der Waals surface area contributed by atoms with E-state index < -0.39 is 25.2 Å². The minimum Gasteiger partial charge on any atom is -1.00 e. The van der Waals surface area contributed by atoms with Crippen molar-refractivity contribution in [2.75, 3.05) is 24.8 Å². The van der Waals surface area contributed by atoms with E-state index in [-0.39, 0.29) is 68.1 Å². The summed E-state index contributed by atoms with van der Waals surface area (Å²) < 4.78 is 0. The van der Waals surface area contributed by atoms with E-state index in [0.717, 1.165) is 0 Å². The molecular weight excluding hydrogens is 390 g/mol. The molecule has 0 bridgehead atoms. The van der Waals surface area contributed by atoms with Crippen LogP contribution in [0.3, 0.4) is 0 Å². The quantitative estimate of drug-likeness (QED) is 0.230. The van der Waals surface area contributed by atoms with E-state index in [1.54, 1.807) is 0 Å². The first-order chi connectivity index (χ1) is 8.31. The first kappa shape index (κ1) is 20.8. The van der Waals surface area contributed by atoms with Crippen LogP contribution in [0.15, 0.2) is 0 Å². The van der Waals surface area contributed by atoms with Crippen LogP contribution in [0.25, 0.3) is 0 Å². The van der Waals surface area contributed by atoms with Crippen LogP contribution < -0.4 is 24.0 Å². The van der Waals surface area contributed by atoms with Crippen molar-refractivity contribution in [3.8, 4) is 0 Å². The summed E-state index contributed by atoms with van der Waals surface area (Å²) in [6, 6.07) is 0. The molecule has 0 amide bonds. The molecule has 0 aliphatic rings. The van der Waals surface area contributed by atoms with Crippen molar-refractivity contribution in [2.24, 2.45) is 0 Å². The third kappa shape index (κ3) is 10.0. The minimum atomic E-state index is -2.23. The highest BCUT2D eigenvalue weighted by atomic mass is 127. The van der Waals surface area contributed by atoms with Crippen LogP contribution in [0.2, 0.25) is 0 Å². The fourth-order valence-electron chi connectivity index (χ4n) is 1.55. The lowest BCUT2D eigenvalue weighted by molar-refractivity contribution is -0.137. The molecule has 19 heavy (non-hydrogen) atoms. The third-order valence-electron chi connectivity index (χ3n) is 2.70. The van der Waals surface area contributed by atoms with Crippen LogP contribution in [0.1, 0.15) is 19.3 Å². The Kier molecular flexibility index (Phi) is 11.3. The summed E-state index contributed by atoms with van der Waals surface area (Å²) in [6.07, 6.45) is -0.284. The lowest BCUT2D eigenvalue weighted by Crippen LogP contribution is -3.00. The average Bonchev–Trinajstić information content (AvgIpc) is 2.28. The molecule has 9 heteroatoms. The fourth-order valence-corrected chi connectivity index (χ4v) is 4.64. The monoisotopic (exact) mass is 408 g/mol. The Balaban J connectivity index is 0. The molecule has 0 aliphatic carbocycles. The lowest BCUT2D eigenvalue weighted by Gasteiger charge is -2.23. The smallest absolute Gasteiger partial charge is 0.307 e. The zero-order valence-corrected chi connectivity index (χ0v) is 13.3. The highest BCUT2D eigenvalue weighted by molar-refractivity contribution is 7.75. The number of carboxylic acid groups (broad SMARTS) is 3. The van der Waals surface area contributed by atoms with E-state index in [0.29, 0.717) is 0 Å². The largest absolute Gasteiger partial charge is 1.00 e. The number of rotatable bonds is 10. The Hall–Kier alpha value is -0.470. The summed E-state index contributed by atoms with van der Waals surface area (Å²) in [5, 5.41) is 35.3. The van der Waals surface area contributed by atoms with E-state index in [1.165, 1.54) is 0 Å². The van der Waals surface area contributed by atoms with Gasteiger partial charge in [-0.2, -0.15) is 0 Å². The van der Waals surface area contributed by atoms with Gasteiger partial charge in [0.05, 0.1) is 37.7 Å². The van der Waals surface area contributed by atoms with Gasteiger partial charge >= 0.3 is 17.9 Å². The lowest BCUT2D eigenvalue weighted by atomic mass is 10.5. The number of aliphatic hydroxyl groups is 1. The number of hydrogen-bond acceptors (Lipinski definition) is 4. The van der Waals surface area contributed by atoms with Crippen LogP contribution in [-0.4, -0.2) is 63.2 Å². The molecule has 0 spiro atoms. The maximum absolute atomic E-state index is 10.5. The second-order valence-electron chi connectivity index (χ2n) is 4.09. The van der Waals surface area contributed by atoms with Gasteiger partial charge in [-0.3, -0.25) is 14.4 Å². The van der Waals surface area contributed by atoms with Gasteiger partial charge in [0.1, 0.15) is 0 Å². The molecule has 0 aromatic heterocycles. The summed E-state index contributed by atoms with van der Waals surface area (Å²) in [7, 11) is -2.23. The van der Waals surface area contributed by atoms with E-state index in [4.69, 9.17) is 15.3 Å². The van der Waals surface area contributed by atoms with Gasteiger partial charge in [-0.05, 0) is 0 Å². The van der Waals surface area contributed by atoms with E-state index >= 15 is 0 Å². The molecule has 0 atom stereocenters. The van der Waals surface area contributed by atoms with Crippen molar-refractivity contribution >= 4 is 25.2 Å². The van der Waals surface area contributed by atoms with Crippen LogP contribution in [0.4, 0.5) is 0 Å². The average molecular weight is 408 g/mol. The Morgan fingerprint density at radius 2 is 1.00 bits per heavy atom. The van der Waals surface area contributed by atoms with Crippen LogP contribution in [0, 0.1) is 0 Å². The molecule has 4 N–H and O–H groups in total. The molecule has 112 valence electrons. The number of carbonyl (C=O) groups is 3. The molecule has 0 aliphatic heterocycles. The van der Waals surface area contributed by atoms with Crippen molar-refractivity contribution in [3.63, 3.8) is 0 Å². The fraction of sp³-hybridized carbons (Fsp3) is 0.700. The molecule has 0 fully saturated rings. The maximum Gasteiger partial charge on any atom is 0.307 e. The minimum absolute atomic E-state index is 0. The van der Waals surface area contributed by atoms with Gasteiger partial charge in [-0.15, -0.1) is 0 Å². The van der Waals surface area contributed by atoms with Gasteiger partial charge in [-0.25, -0.2) is 0 Å². The van der Waals surface area contributed by atoms with Crippen LogP contribution in [-0.2, 0) is 14.4 Å². The van der Waals surface area contributed by atoms with Crippen LogP contribution in [0.5, 0.6) is 0 Å². The molecule has 0 unspecified atom stereocenters. The summed E-state index contributed by atoms with van der Waals surface area (Å²) in [6.45, 7) is 0. The Morgan fingerprint density at radius 3 is 1.16 bits per heavy atom. The number of hydrogen-bond donors (Lipinski definition) is 4.